The fraction of sp³-hybridized carbons (Fsp3) is 1.00. The number of ether oxygens (including phenoxy) is 1. The molecule has 2 N–H and O–H groups in total. The molecule has 1 aliphatic heterocycles. The molecule has 0 amide bonds. The third kappa shape index (κ3) is 6.98. The lowest BCUT2D eigenvalue weighted by molar-refractivity contribution is -0.0419. The molecule has 1 saturated heterocycles. The van der Waals surface area contributed by atoms with Crippen molar-refractivity contribution < 1.29 is 13.2 Å². The van der Waals surface area contributed by atoms with Crippen LogP contribution in [-0.4, -0.2) is 46.0 Å². The summed E-state index contributed by atoms with van der Waals surface area (Å²) in [6.45, 7) is 5.53. The van der Waals surface area contributed by atoms with Crippen LogP contribution in [-0.2, 0) is 14.8 Å². The molecule has 102 valence electrons. The molecule has 0 aromatic heterocycles. The maximum Gasteiger partial charge on any atom is 0.208 e. The normalized spacial score (nSPS) is 30.4. The van der Waals surface area contributed by atoms with Crippen molar-refractivity contribution in [3.8, 4) is 0 Å². The number of hydrogen-bond donors (Lipinski definition) is 2. The Morgan fingerprint density at radius 2 is 1.76 bits per heavy atom. The Morgan fingerprint density at radius 1 is 1.18 bits per heavy atom. The predicted octanol–water partition coefficient (Wildman–Crippen LogP) is 0.471. The Morgan fingerprint density at radius 3 is 2.29 bits per heavy atom. The minimum Gasteiger partial charge on any atom is -0.375 e. The van der Waals surface area contributed by atoms with E-state index in [1.165, 1.54) is 6.26 Å². The van der Waals surface area contributed by atoms with Crippen molar-refractivity contribution in [2.75, 3.05) is 19.3 Å². The second-order valence-corrected chi connectivity index (χ2v) is 6.73. The van der Waals surface area contributed by atoms with E-state index in [-0.39, 0.29) is 0 Å². The predicted molar refractivity (Wildman–Crippen MR) is 68.5 cm³/mol. The molecule has 6 heteroatoms. The highest BCUT2D eigenvalue weighted by molar-refractivity contribution is 7.88. The summed E-state index contributed by atoms with van der Waals surface area (Å²) in [5, 5.41) is 3.45. The molecule has 1 fully saturated rings. The van der Waals surface area contributed by atoms with Gasteiger partial charge >= 0.3 is 0 Å². The van der Waals surface area contributed by atoms with Gasteiger partial charge < -0.3 is 10.1 Å². The molecule has 1 rings (SSSR count). The zero-order chi connectivity index (χ0) is 12.9. The smallest absolute Gasteiger partial charge is 0.208 e. The fourth-order valence-electron chi connectivity index (χ4n) is 2.22. The maximum absolute atomic E-state index is 10.8. The third-order valence-electron chi connectivity index (χ3n) is 2.85. The zero-order valence-corrected chi connectivity index (χ0v) is 11.7. The number of nitrogens with one attached hydrogen (secondary N) is 2. The monoisotopic (exact) mass is 264 g/mol. The Bertz CT molecular complexity index is 309. The van der Waals surface area contributed by atoms with Crippen LogP contribution in [0.4, 0.5) is 0 Å². The zero-order valence-electron chi connectivity index (χ0n) is 10.9. The van der Waals surface area contributed by atoms with E-state index in [1.54, 1.807) is 0 Å². The highest BCUT2D eigenvalue weighted by Gasteiger charge is 2.23. The van der Waals surface area contributed by atoms with E-state index in [2.05, 4.69) is 23.9 Å². The van der Waals surface area contributed by atoms with E-state index in [1.807, 2.05) is 0 Å². The van der Waals surface area contributed by atoms with Crippen molar-refractivity contribution in [2.45, 2.75) is 51.4 Å². The first kappa shape index (κ1) is 14.9. The topological polar surface area (TPSA) is 67.4 Å². The fourth-order valence-corrected chi connectivity index (χ4v) is 2.74. The number of rotatable bonds is 6. The Hall–Kier alpha value is -0.170. The average Bonchev–Trinajstić information content (AvgIpc) is 2.13. The molecule has 0 radical (unpaired) electrons. The maximum atomic E-state index is 10.8. The number of hydrogen-bond acceptors (Lipinski definition) is 4. The van der Waals surface area contributed by atoms with Crippen molar-refractivity contribution in [3.63, 3.8) is 0 Å². The van der Waals surface area contributed by atoms with Gasteiger partial charge in [-0.15, -0.1) is 0 Å². The molecule has 5 nitrogen and oxygen atoms in total. The molecule has 2 atom stereocenters. The summed E-state index contributed by atoms with van der Waals surface area (Å²) in [6.07, 6.45) is 4.68. The largest absolute Gasteiger partial charge is 0.375 e. The molecule has 1 aliphatic rings. The summed E-state index contributed by atoms with van der Waals surface area (Å²) in [7, 11) is -3.04. The molecule has 0 aromatic rings. The van der Waals surface area contributed by atoms with Crippen molar-refractivity contribution in [1.29, 1.82) is 0 Å². The first-order valence-electron chi connectivity index (χ1n) is 6.20. The first-order valence-corrected chi connectivity index (χ1v) is 8.09. The molecule has 2 unspecified atom stereocenters. The van der Waals surface area contributed by atoms with Gasteiger partial charge in [0.25, 0.3) is 0 Å². The molecule has 0 aliphatic carbocycles. The molecular formula is C11H24N2O3S. The first-order chi connectivity index (χ1) is 7.87. The van der Waals surface area contributed by atoms with Crippen LogP contribution in [0.1, 0.15) is 33.1 Å². The van der Waals surface area contributed by atoms with E-state index >= 15 is 0 Å². The lowest BCUT2D eigenvalue weighted by Gasteiger charge is -2.32. The lowest BCUT2D eigenvalue weighted by atomic mass is 10.00. The van der Waals surface area contributed by atoms with Crippen LogP contribution in [0.15, 0.2) is 0 Å². The summed E-state index contributed by atoms with van der Waals surface area (Å²) in [5.74, 6) is 0. The van der Waals surface area contributed by atoms with Gasteiger partial charge in [-0.1, -0.05) is 0 Å². The van der Waals surface area contributed by atoms with Gasteiger partial charge in [-0.25, -0.2) is 13.1 Å². The van der Waals surface area contributed by atoms with Gasteiger partial charge in [0.1, 0.15) is 0 Å². The summed E-state index contributed by atoms with van der Waals surface area (Å²) in [5.41, 5.74) is 0. The standard InChI is InChI=1S/C11H24N2O3S/c1-9-7-11(8-10(2)16-9)12-5-4-6-13-17(3,14)15/h9-13H,4-8H2,1-3H3. The molecular weight excluding hydrogens is 240 g/mol. The summed E-state index contributed by atoms with van der Waals surface area (Å²) in [6, 6.07) is 0.493. The third-order valence-corrected chi connectivity index (χ3v) is 3.58. The molecule has 0 spiro atoms. The average molecular weight is 264 g/mol. The molecule has 1 heterocycles. The molecule has 0 saturated carbocycles. The summed E-state index contributed by atoms with van der Waals surface area (Å²) >= 11 is 0. The van der Waals surface area contributed by atoms with Crippen molar-refractivity contribution in [2.24, 2.45) is 0 Å². The van der Waals surface area contributed by atoms with E-state index in [0.29, 0.717) is 24.8 Å². The van der Waals surface area contributed by atoms with Crippen LogP contribution in [0.3, 0.4) is 0 Å². The van der Waals surface area contributed by atoms with Crippen LogP contribution < -0.4 is 10.0 Å². The minimum atomic E-state index is -3.04. The van der Waals surface area contributed by atoms with Gasteiger partial charge in [0, 0.05) is 12.6 Å². The van der Waals surface area contributed by atoms with Crippen molar-refractivity contribution in [3.05, 3.63) is 0 Å². The quantitative estimate of drug-likeness (QED) is 0.684. The Labute approximate surface area is 104 Å². The SMILES string of the molecule is CC1CC(NCCCNS(C)(=O)=O)CC(C)O1. The van der Waals surface area contributed by atoms with E-state index in [9.17, 15) is 8.42 Å². The van der Waals surface area contributed by atoms with Gasteiger partial charge in [0.15, 0.2) is 0 Å². The van der Waals surface area contributed by atoms with Gasteiger partial charge in [-0.2, -0.15) is 0 Å². The Balaban J connectivity index is 2.10. The second kappa shape index (κ2) is 6.68. The van der Waals surface area contributed by atoms with E-state index in [0.717, 1.165) is 25.8 Å². The van der Waals surface area contributed by atoms with Gasteiger partial charge in [-0.05, 0) is 39.7 Å². The summed E-state index contributed by atoms with van der Waals surface area (Å²) < 4.78 is 29.8. The van der Waals surface area contributed by atoms with E-state index in [4.69, 9.17) is 4.74 Å². The molecule has 17 heavy (non-hydrogen) atoms. The van der Waals surface area contributed by atoms with Crippen LogP contribution in [0.2, 0.25) is 0 Å². The van der Waals surface area contributed by atoms with Crippen LogP contribution in [0.5, 0.6) is 0 Å². The van der Waals surface area contributed by atoms with Crippen LogP contribution in [0, 0.1) is 0 Å². The van der Waals surface area contributed by atoms with E-state index < -0.39 is 10.0 Å². The van der Waals surface area contributed by atoms with Crippen LogP contribution in [0.25, 0.3) is 0 Å². The molecule has 0 aromatic carbocycles. The Kier molecular flexibility index (Phi) is 5.85. The van der Waals surface area contributed by atoms with Gasteiger partial charge in [0.05, 0.1) is 18.5 Å². The van der Waals surface area contributed by atoms with Crippen molar-refractivity contribution >= 4 is 10.0 Å². The number of sulfonamides is 1. The summed E-state index contributed by atoms with van der Waals surface area (Å²) in [4.78, 5) is 0. The minimum absolute atomic E-state index is 0.311. The lowest BCUT2D eigenvalue weighted by Crippen LogP contribution is -2.42. The van der Waals surface area contributed by atoms with Crippen molar-refractivity contribution in [1.82, 2.24) is 10.0 Å². The van der Waals surface area contributed by atoms with Crippen LogP contribution >= 0.6 is 0 Å². The second-order valence-electron chi connectivity index (χ2n) is 4.90. The highest BCUT2D eigenvalue weighted by atomic mass is 32.2. The highest BCUT2D eigenvalue weighted by Crippen LogP contribution is 2.18. The van der Waals surface area contributed by atoms with Gasteiger partial charge in [0.2, 0.25) is 10.0 Å². The van der Waals surface area contributed by atoms with Gasteiger partial charge in [-0.3, -0.25) is 0 Å². The molecule has 0 bridgehead atoms.